The molecule has 0 saturated heterocycles. The molecule has 0 radical (unpaired) electrons. The third kappa shape index (κ3) is 3.97. The van der Waals surface area contributed by atoms with Gasteiger partial charge in [-0.3, -0.25) is 4.79 Å². The fourth-order valence-electron chi connectivity index (χ4n) is 3.24. The second-order valence-corrected chi connectivity index (χ2v) is 8.17. The monoisotopic (exact) mass is 414 g/mol. The zero-order valence-electron chi connectivity index (χ0n) is 18.0. The van der Waals surface area contributed by atoms with E-state index in [-0.39, 0.29) is 11.5 Å². The van der Waals surface area contributed by atoms with Crippen LogP contribution in [0, 0.1) is 5.92 Å². The van der Waals surface area contributed by atoms with E-state index < -0.39 is 35.4 Å². The third-order valence-corrected chi connectivity index (χ3v) is 5.11. The van der Waals surface area contributed by atoms with Crippen LogP contribution in [0.2, 0.25) is 0 Å². The third-order valence-electron chi connectivity index (χ3n) is 5.11. The molecule has 0 aliphatic carbocycles. The number of carbonyl (C=O) groups is 2. The van der Waals surface area contributed by atoms with Gasteiger partial charge < -0.3 is 18.6 Å². The summed E-state index contributed by atoms with van der Waals surface area (Å²) in [4.78, 5) is 36.7. The molecular formula is C23H26O7. The maximum Gasteiger partial charge on any atom is 0.336 e. The van der Waals surface area contributed by atoms with Crippen molar-refractivity contribution in [3.63, 3.8) is 0 Å². The molecule has 160 valence electrons. The Morgan fingerprint density at radius 2 is 1.83 bits per heavy atom. The lowest BCUT2D eigenvalue weighted by atomic mass is 9.93. The van der Waals surface area contributed by atoms with Gasteiger partial charge in [0.1, 0.15) is 16.9 Å². The van der Waals surface area contributed by atoms with Gasteiger partial charge in [0, 0.05) is 17.0 Å². The highest BCUT2D eigenvalue weighted by atomic mass is 16.6. The van der Waals surface area contributed by atoms with E-state index in [2.05, 4.69) is 0 Å². The van der Waals surface area contributed by atoms with E-state index in [1.54, 1.807) is 65.8 Å². The van der Waals surface area contributed by atoms with Crippen molar-refractivity contribution in [1.82, 2.24) is 0 Å². The van der Waals surface area contributed by atoms with Crippen molar-refractivity contribution in [3.05, 3.63) is 51.9 Å². The molecule has 1 aromatic carbocycles. The number of rotatable bonds is 5. The first-order chi connectivity index (χ1) is 14.0. The van der Waals surface area contributed by atoms with Crippen molar-refractivity contribution in [2.45, 2.75) is 59.4 Å². The summed E-state index contributed by atoms with van der Waals surface area (Å²) in [5.74, 6) is -0.904. The second-order valence-electron chi connectivity index (χ2n) is 8.17. The Hall–Kier alpha value is -3.09. The Kier molecular flexibility index (Phi) is 5.74. The first-order valence-corrected chi connectivity index (χ1v) is 9.85. The molecule has 2 atom stereocenters. The van der Waals surface area contributed by atoms with E-state index in [0.717, 1.165) is 0 Å². The summed E-state index contributed by atoms with van der Waals surface area (Å²) < 4.78 is 23.0. The number of allylic oxidation sites excluding steroid dienone is 1. The molecule has 0 spiro atoms. The molecule has 1 aliphatic heterocycles. The Balaban J connectivity index is 2.10. The van der Waals surface area contributed by atoms with Crippen molar-refractivity contribution < 1.29 is 28.2 Å². The summed E-state index contributed by atoms with van der Waals surface area (Å²) in [5, 5.41) is 0.669. The molecule has 30 heavy (non-hydrogen) atoms. The molecule has 7 heteroatoms. The van der Waals surface area contributed by atoms with Crippen molar-refractivity contribution >= 4 is 22.9 Å². The minimum atomic E-state index is -1.15. The van der Waals surface area contributed by atoms with Crippen molar-refractivity contribution in [1.29, 1.82) is 0 Å². The average molecular weight is 414 g/mol. The van der Waals surface area contributed by atoms with E-state index in [1.807, 2.05) is 0 Å². The van der Waals surface area contributed by atoms with Crippen LogP contribution in [0.25, 0.3) is 11.0 Å². The van der Waals surface area contributed by atoms with Crippen LogP contribution in [0.4, 0.5) is 0 Å². The van der Waals surface area contributed by atoms with Gasteiger partial charge in [0.25, 0.3) is 0 Å². The maximum absolute atomic E-state index is 12.5. The first-order valence-electron chi connectivity index (χ1n) is 9.85. The summed E-state index contributed by atoms with van der Waals surface area (Å²) >= 11 is 0. The quantitative estimate of drug-likeness (QED) is 0.413. The Morgan fingerprint density at radius 3 is 2.47 bits per heavy atom. The lowest BCUT2D eigenvalue weighted by Crippen LogP contribution is -2.47. The zero-order valence-corrected chi connectivity index (χ0v) is 18.0. The molecular weight excluding hydrogens is 388 g/mol. The first kappa shape index (κ1) is 21.6. The minimum absolute atomic E-state index is 0.288. The highest BCUT2D eigenvalue weighted by Crippen LogP contribution is 2.47. The summed E-state index contributed by atoms with van der Waals surface area (Å²) in [6.07, 6.45) is -0.0982. The second kappa shape index (κ2) is 7.97. The van der Waals surface area contributed by atoms with Crippen LogP contribution in [0.1, 0.15) is 53.2 Å². The SMILES string of the molecule is CC=C(C)C(=O)OC(C)(C)C1Oc2ccc3ccc(=O)oc3c2C1OC(=O)C(C)C. The number of carbonyl (C=O) groups excluding carboxylic acids is 2. The molecule has 0 amide bonds. The minimum Gasteiger partial charge on any atom is -0.481 e. The van der Waals surface area contributed by atoms with Gasteiger partial charge in [-0.1, -0.05) is 19.9 Å². The fraction of sp³-hybridized carbons (Fsp3) is 0.435. The number of ether oxygens (including phenoxy) is 3. The summed E-state index contributed by atoms with van der Waals surface area (Å²) in [5.41, 5.74) is -0.482. The lowest BCUT2D eigenvalue weighted by molar-refractivity contribution is -0.176. The van der Waals surface area contributed by atoms with E-state index >= 15 is 0 Å². The predicted molar refractivity (Wildman–Crippen MR) is 110 cm³/mol. The van der Waals surface area contributed by atoms with Crippen LogP contribution >= 0.6 is 0 Å². The van der Waals surface area contributed by atoms with Crippen molar-refractivity contribution in [3.8, 4) is 5.75 Å². The van der Waals surface area contributed by atoms with Crippen LogP contribution in [-0.4, -0.2) is 23.6 Å². The Labute approximate surface area is 174 Å². The summed E-state index contributed by atoms with van der Waals surface area (Å²) in [7, 11) is 0. The molecule has 1 aromatic heterocycles. The largest absolute Gasteiger partial charge is 0.481 e. The van der Waals surface area contributed by atoms with Gasteiger partial charge in [0.15, 0.2) is 12.2 Å². The summed E-state index contributed by atoms with van der Waals surface area (Å²) in [6, 6.07) is 6.44. The van der Waals surface area contributed by atoms with Crippen LogP contribution in [0.5, 0.6) is 5.75 Å². The molecule has 0 N–H and O–H groups in total. The van der Waals surface area contributed by atoms with Crippen LogP contribution in [0.15, 0.2) is 45.1 Å². The number of fused-ring (bicyclic) bond motifs is 3. The maximum atomic E-state index is 12.5. The molecule has 2 aromatic rings. The molecule has 0 fully saturated rings. The molecule has 3 rings (SSSR count). The molecule has 0 bridgehead atoms. The van der Waals surface area contributed by atoms with Gasteiger partial charge in [0.2, 0.25) is 0 Å². The smallest absolute Gasteiger partial charge is 0.336 e. The average Bonchev–Trinajstić information content (AvgIpc) is 3.06. The van der Waals surface area contributed by atoms with E-state index in [0.29, 0.717) is 22.3 Å². The Morgan fingerprint density at radius 1 is 1.17 bits per heavy atom. The normalized spacial score (nSPS) is 18.8. The summed E-state index contributed by atoms with van der Waals surface area (Å²) in [6.45, 7) is 10.2. The number of esters is 2. The molecule has 7 nitrogen and oxygen atoms in total. The van der Waals surface area contributed by atoms with E-state index in [1.165, 1.54) is 6.07 Å². The molecule has 1 aliphatic rings. The van der Waals surface area contributed by atoms with Crippen LogP contribution in [-0.2, 0) is 19.1 Å². The standard InChI is InChI=1S/C23H26O7/c1-7-13(4)22(26)30-23(5,6)20-19(29-21(25)12(2)3)17-15(27-20)10-8-14-9-11-16(24)28-18(14)17/h7-12,19-20H,1-6H3. The highest BCUT2D eigenvalue weighted by Gasteiger charge is 2.50. The van der Waals surface area contributed by atoms with Crippen molar-refractivity contribution in [2.75, 3.05) is 0 Å². The van der Waals surface area contributed by atoms with Gasteiger partial charge in [-0.25, -0.2) is 9.59 Å². The zero-order chi connectivity index (χ0) is 22.2. The topological polar surface area (TPSA) is 92.0 Å². The van der Waals surface area contributed by atoms with Gasteiger partial charge in [0.05, 0.1) is 11.5 Å². The van der Waals surface area contributed by atoms with E-state index in [9.17, 15) is 14.4 Å². The van der Waals surface area contributed by atoms with Gasteiger partial charge >= 0.3 is 17.6 Å². The van der Waals surface area contributed by atoms with Crippen LogP contribution in [0.3, 0.4) is 0 Å². The highest BCUT2D eigenvalue weighted by molar-refractivity contribution is 5.88. The number of hydrogen-bond donors (Lipinski definition) is 0. The van der Waals surface area contributed by atoms with Gasteiger partial charge in [-0.05, 0) is 45.9 Å². The fourth-order valence-corrected chi connectivity index (χ4v) is 3.24. The molecule has 2 unspecified atom stereocenters. The predicted octanol–water partition coefficient (Wildman–Crippen LogP) is 4.08. The Bertz CT molecular complexity index is 1070. The number of hydrogen-bond acceptors (Lipinski definition) is 7. The lowest BCUT2D eigenvalue weighted by Gasteiger charge is -2.34. The van der Waals surface area contributed by atoms with Gasteiger partial charge in [-0.2, -0.15) is 0 Å². The number of benzene rings is 1. The molecule has 0 saturated carbocycles. The van der Waals surface area contributed by atoms with Gasteiger partial charge in [-0.15, -0.1) is 0 Å². The van der Waals surface area contributed by atoms with E-state index in [4.69, 9.17) is 18.6 Å². The molecule has 2 heterocycles. The van der Waals surface area contributed by atoms with Crippen LogP contribution < -0.4 is 10.4 Å². The van der Waals surface area contributed by atoms with Crippen molar-refractivity contribution in [2.24, 2.45) is 5.92 Å².